The molecule has 21 rings (SSSR count). The van der Waals surface area contributed by atoms with E-state index < -0.39 is 25.7 Å². The average molecular weight is 1430 g/mol. The van der Waals surface area contributed by atoms with E-state index in [9.17, 15) is 0 Å². The van der Waals surface area contributed by atoms with E-state index in [1.165, 1.54) is 95.5 Å². The van der Waals surface area contributed by atoms with Crippen molar-refractivity contribution in [3.8, 4) is 29.4 Å². The molecule has 8 aromatic rings. The van der Waals surface area contributed by atoms with Crippen LogP contribution in [-0.2, 0) is 6.42 Å². The predicted octanol–water partition coefficient (Wildman–Crippen LogP) is 12.1. The number of anilines is 10. The van der Waals surface area contributed by atoms with Crippen LogP contribution in [0.4, 0.5) is 57.1 Å². The molecule has 5 saturated carbocycles. The molecule has 0 amide bonds. The van der Waals surface area contributed by atoms with E-state index in [4.69, 9.17) is 31.9 Å². The van der Waals surface area contributed by atoms with Crippen molar-refractivity contribution in [3.63, 3.8) is 0 Å². The number of aryl methyl sites for hydroxylation is 8. The number of rotatable bonds is 0. The highest BCUT2D eigenvalue weighted by Crippen LogP contribution is 2.49. The van der Waals surface area contributed by atoms with Gasteiger partial charge in [-0.1, -0.05) is 0 Å². The number of nitrogens with one attached hydrogen (secondary N) is 1. The Morgan fingerprint density at radius 3 is 1.52 bits per heavy atom. The maximum Gasteiger partial charge on any atom is 0.237 e. The van der Waals surface area contributed by atoms with Gasteiger partial charge in [-0.15, -0.1) is 0 Å². The standard InChI is InChI=1S/C12H16N2O.C11H15N3.C11H14N2.C10H13N3.C10H12N2O.C10H14N2O.2C9H12N2O/c1-8-6-10-12(13-7-8)15-11-5-3-4-9(11)14(10)2;1-7-4-10-11(12-6-7)14(3)9-5-8(9)13(10)2;1-7-3-11-9(12-6-7)4-8-5-10(8)13(11)2;1-6-3-9-10(11-5-6)12-7-4-8(7)13(9)2;1-6-3-8-10(11-5-6)13-9-4-7(9)12(8)2;1-7-4-9-10(11-5-7)13-8(2)6-12(9)3;2*1-7-5-8-9(10-6-7)12-4-3-11(8)2/h6-7,9,11H,3-5H2,1-2H3;4,6,8-9H,5H2,1-3H3;3,6,8,10H,4-5H2,1-2H3;3,5,7-8H,4H2,1-2H3,(H,11,12);3,5,7,9H,4H2,1-2H3;4-5,8H,6H2,1-3H3;2*5-6H,3-4H2,1-2H3/i;;;;;6D2;4D2;3D2. The summed E-state index contributed by atoms with van der Waals surface area (Å²) in [6.45, 7) is 13.6. The molecule has 13 aliphatic rings. The van der Waals surface area contributed by atoms with Crippen LogP contribution in [0.5, 0.6) is 29.4 Å². The molecular weight excluding hydrogens is 1320 g/mol. The Hall–Kier alpha value is -9.80. The monoisotopic (exact) mass is 1430 g/mol. The van der Waals surface area contributed by atoms with Crippen LogP contribution in [0.15, 0.2) is 98.1 Å². The number of ether oxygens (including phenoxy) is 5. The Balaban J connectivity index is 0.000000106. The summed E-state index contributed by atoms with van der Waals surface area (Å²) < 4.78 is 73.5. The first-order valence-corrected chi connectivity index (χ1v) is 37.0. The fraction of sp³-hybridized carbons (Fsp3) is 0.512. The van der Waals surface area contributed by atoms with Gasteiger partial charge in [0, 0.05) is 125 Å². The van der Waals surface area contributed by atoms with Gasteiger partial charge < -0.3 is 73.1 Å². The van der Waals surface area contributed by atoms with Crippen LogP contribution in [0.1, 0.15) is 110 Å². The summed E-state index contributed by atoms with van der Waals surface area (Å²) in [5.74, 6) is 6.07. The van der Waals surface area contributed by atoms with Gasteiger partial charge in [-0.25, -0.2) is 34.9 Å². The minimum atomic E-state index is -1.65. The van der Waals surface area contributed by atoms with E-state index in [1.807, 2.05) is 81.9 Å². The Morgan fingerprint density at radius 2 is 0.876 bits per heavy atom. The second-order valence-corrected chi connectivity index (χ2v) is 30.4. The first-order valence-electron chi connectivity index (χ1n) is 40.0. The SMILES string of the molecule is Cc1cnc2c(c1)N(C)C1CC1C2.Cc1cnc2c(c1)N(C)C1CC1N2.Cc1cnc2c(c1)N(C)C1CC1N2C.Cc1cnc2c(c1)N(C)C1CC1O2.Cc1cnc2c(c1)N(C)C1CCCC1O2.[2H]C1([2H])C(C)Oc2ncc(C)cc2N1C.[2H]C1([2H])CN(C)c2cc(C)cnc2O1.[2H]C1([2H])COc2ncc(C)cc2N1C. The molecular formula is C82H108N18O5. The molecule has 5 fully saturated rings. The fourth-order valence-electron chi connectivity index (χ4n) is 15.2. The topological polar surface area (TPSA) is 190 Å². The molecule has 11 unspecified atom stereocenters. The van der Waals surface area contributed by atoms with Crippen LogP contribution in [0.25, 0.3) is 0 Å². The van der Waals surface area contributed by atoms with Crippen LogP contribution in [-0.4, -0.2) is 197 Å². The molecule has 5 aliphatic carbocycles. The number of hydrogen-bond acceptors (Lipinski definition) is 23. The summed E-state index contributed by atoms with van der Waals surface area (Å²) in [6.07, 6.45) is 24.9. The van der Waals surface area contributed by atoms with Crippen molar-refractivity contribution >= 4 is 57.1 Å². The molecule has 11 atom stereocenters. The molecule has 23 nitrogen and oxygen atoms in total. The quantitative estimate of drug-likeness (QED) is 0.151. The van der Waals surface area contributed by atoms with Crippen LogP contribution in [0.3, 0.4) is 0 Å². The zero-order valence-corrected chi connectivity index (χ0v) is 64.3. The van der Waals surface area contributed by atoms with Gasteiger partial charge in [0.05, 0.1) is 98.1 Å². The predicted molar refractivity (Wildman–Crippen MR) is 422 cm³/mol. The number of likely N-dealkylation sites (N-methyl/N-ethyl adjacent to an activating group) is 8. The summed E-state index contributed by atoms with van der Waals surface area (Å²) in [5, 5.41) is 3.44. The van der Waals surface area contributed by atoms with Crippen molar-refractivity contribution in [2.75, 3.05) is 146 Å². The summed E-state index contributed by atoms with van der Waals surface area (Å²) in [6, 6.07) is 21.4. The Labute approximate surface area is 629 Å². The molecule has 105 heavy (non-hydrogen) atoms. The van der Waals surface area contributed by atoms with Crippen LogP contribution in [0.2, 0.25) is 0 Å². The third-order valence-corrected chi connectivity index (χ3v) is 21.7. The third kappa shape index (κ3) is 15.9. The maximum absolute atomic E-state index is 7.88. The van der Waals surface area contributed by atoms with E-state index in [0.717, 1.165) is 81.6 Å². The second kappa shape index (κ2) is 30.0. The number of hydrogen-bond donors (Lipinski definition) is 1. The van der Waals surface area contributed by atoms with Gasteiger partial charge in [-0.3, -0.25) is 4.98 Å². The lowest BCUT2D eigenvalue weighted by atomic mass is 10.1. The summed E-state index contributed by atoms with van der Waals surface area (Å²) in [7, 11) is 18.2. The van der Waals surface area contributed by atoms with Crippen LogP contribution in [0, 0.1) is 61.3 Å². The molecule has 8 aromatic heterocycles. The summed E-state index contributed by atoms with van der Waals surface area (Å²) in [4.78, 5) is 53.4. The average Bonchev–Trinajstić information content (AvgIpc) is 1.55. The largest absolute Gasteiger partial charge is 0.474 e. The lowest BCUT2D eigenvalue weighted by molar-refractivity contribution is 0.167. The van der Waals surface area contributed by atoms with E-state index in [0.29, 0.717) is 71.4 Å². The van der Waals surface area contributed by atoms with Gasteiger partial charge in [0.15, 0.2) is 5.82 Å². The molecule has 0 spiro atoms. The van der Waals surface area contributed by atoms with Gasteiger partial charge in [0.25, 0.3) is 0 Å². The molecule has 0 radical (unpaired) electrons. The third-order valence-electron chi connectivity index (χ3n) is 21.7. The van der Waals surface area contributed by atoms with Gasteiger partial charge in [-0.05, 0) is 206 Å². The van der Waals surface area contributed by atoms with Gasteiger partial charge >= 0.3 is 0 Å². The van der Waals surface area contributed by atoms with E-state index in [1.54, 1.807) is 49.4 Å². The molecule has 0 saturated heterocycles. The Morgan fingerprint density at radius 1 is 0.400 bits per heavy atom. The first-order chi connectivity index (χ1) is 52.6. The Bertz CT molecular complexity index is 4590. The van der Waals surface area contributed by atoms with Crippen molar-refractivity contribution in [2.45, 2.75) is 174 Å². The number of pyridine rings is 8. The van der Waals surface area contributed by atoms with Gasteiger partial charge in [-0.2, -0.15) is 0 Å². The van der Waals surface area contributed by atoms with Gasteiger partial charge in [0.2, 0.25) is 29.4 Å². The molecule has 8 aliphatic heterocycles. The summed E-state index contributed by atoms with van der Waals surface area (Å²) >= 11 is 0. The normalized spacial score (nSPS) is 27.0. The molecule has 23 heteroatoms. The maximum atomic E-state index is 7.88. The van der Waals surface area contributed by atoms with Crippen molar-refractivity contribution in [3.05, 3.63) is 148 Å². The van der Waals surface area contributed by atoms with Crippen molar-refractivity contribution in [1.29, 1.82) is 0 Å². The van der Waals surface area contributed by atoms with E-state index in [-0.39, 0.29) is 13.2 Å². The second-order valence-electron chi connectivity index (χ2n) is 30.4. The highest BCUT2D eigenvalue weighted by Gasteiger charge is 2.50. The van der Waals surface area contributed by atoms with E-state index in [2.05, 4.69) is 182 Å². The van der Waals surface area contributed by atoms with Crippen molar-refractivity contribution < 1.29 is 31.9 Å². The molecule has 1 N–H and O–H groups in total. The van der Waals surface area contributed by atoms with E-state index >= 15 is 0 Å². The highest BCUT2D eigenvalue weighted by atomic mass is 16.5. The Kier molecular flexibility index (Phi) is 18.5. The minimum absolute atomic E-state index is 0.0204. The lowest BCUT2D eigenvalue weighted by Gasteiger charge is -2.37. The molecule has 0 aromatic carbocycles. The smallest absolute Gasteiger partial charge is 0.237 e. The molecule has 16 heterocycles. The first kappa shape index (κ1) is 64.8. The van der Waals surface area contributed by atoms with Crippen LogP contribution >= 0.6 is 0 Å². The fourth-order valence-corrected chi connectivity index (χ4v) is 15.2. The minimum Gasteiger partial charge on any atom is -0.474 e. The zero-order chi connectivity index (χ0) is 79.2. The number of aromatic nitrogens is 8. The molecule has 556 valence electrons. The lowest BCUT2D eigenvalue weighted by Crippen LogP contribution is -2.44. The van der Waals surface area contributed by atoms with Gasteiger partial charge in [0.1, 0.15) is 54.4 Å². The number of nitrogens with zero attached hydrogens (tertiary/aromatic N) is 17. The van der Waals surface area contributed by atoms with Crippen molar-refractivity contribution in [2.24, 2.45) is 5.92 Å². The summed E-state index contributed by atoms with van der Waals surface area (Å²) in [5.41, 5.74) is 18.9. The molecule has 0 bridgehead atoms. The number of fused-ring (bicyclic) bond motifs is 13. The van der Waals surface area contributed by atoms with Crippen LogP contribution < -0.4 is 73.1 Å². The zero-order valence-electron chi connectivity index (χ0n) is 70.3. The highest BCUT2D eigenvalue weighted by molar-refractivity contribution is 5.74. The van der Waals surface area contributed by atoms with Crippen molar-refractivity contribution in [1.82, 2.24) is 39.9 Å².